The maximum absolute atomic E-state index is 5.36. The fourth-order valence-corrected chi connectivity index (χ4v) is 1.50. The first-order valence-corrected chi connectivity index (χ1v) is 5.32. The van der Waals surface area contributed by atoms with Gasteiger partial charge in [0.2, 0.25) is 0 Å². The zero-order valence-electron chi connectivity index (χ0n) is 9.86. The van der Waals surface area contributed by atoms with Crippen molar-refractivity contribution in [3.05, 3.63) is 41.7 Å². The summed E-state index contributed by atoms with van der Waals surface area (Å²) in [4.78, 5) is 8.21. The first-order chi connectivity index (χ1) is 8.20. The van der Waals surface area contributed by atoms with Gasteiger partial charge in [-0.1, -0.05) is 17.7 Å². The Bertz CT molecular complexity index is 507. The summed E-state index contributed by atoms with van der Waals surface area (Å²) in [5.74, 6) is 6.73. The molecule has 5 heteroatoms. The van der Waals surface area contributed by atoms with Gasteiger partial charge in [-0.3, -0.25) is 0 Å². The third kappa shape index (κ3) is 2.51. The van der Waals surface area contributed by atoms with Crippen molar-refractivity contribution in [2.75, 3.05) is 10.7 Å². The number of nitrogens with one attached hydrogen (secondary N) is 2. The first kappa shape index (κ1) is 11.3. The van der Waals surface area contributed by atoms with Crippen LogP contribution >= 0.6 is 0 Å². The highest BCUT2D eigenvalue weighted by atomic mass is 15.3. The number of rotatable bonds is 3. The van der Waals surface area contributed by atoms with E-state index >= 15 is 0 Å². The molecule has 2 rings (SSSR count). The smallest absolute Gasteiger partial charge is 0.148 e. The van der Waals surface area contributed by atoms with Crippen molar-refractivity contribution in [3.63, 3.8) is 0 Å². The molecule has 0 amide bonds. The second-order valence-corrected chi connectivity index (χ2v) is 3.83. The van der Waals surface area contributed by atoms with Crippen molar-refractivity contribution >= 4 is 17.3 Å². The number of hydrogen-bond donors (Lipinski definition) is 3. The predicted molar refractivity (Wildman–Crippen MR) is 69.0 cm³/mol. The molecule has 0 atom stereocenters. The van der Waals surface area contributed by atoms with Crippen molar-refractivity contribution < 1.29 is 0 Å². The summed E-state index contributed by atoms with van der Waals surface area (Å²) in [6, 6.07) is 8.10. The first-order valence-electron chi connectivity index (χ1n) is 5.32. The van der Waals surface area contributed by atoms with E-state index in [0.717, 1.165) is 17.1 Å². The van der Waals surface area contributed by atoms with Crippen molar-refractivity contribution in [2.45, 2.75) is 13.8 Å². The van der Waals surface area contributed by atoms with Crippen LogP contribution in [-0.4, -0.2) is 9.97 Å². The largest absolute Gasteiger partial charge is 0.340 e. The van der Waals surface area contributed by atoms with Crippen molar-refractivity contribution in [1.82, 2.24) is 9.97 Å². The summed E-state index contributed by atoms with van der Waals surface area (Å²) in [6.07, 6.45) is 1.47. The van der Waals surface area contributed by atoms with Crippen LogP contribution in [0.1, 0.15) is 11.1 Å². The molecule has 0 aliphatic heterocycles. The van der Waals surface area contributed by atoms with Gasteiger partial charge in [-0.15, -0.1) is 0 Å². The van der Waals surface area contributed by atoms with Crippen LogP contribution in [0.25, 0.3) is 0 Å². The molecule has 0 fully saturated rings. The zero-order chi connectivity index (χ0) is 12.3. The van der Waals surface area contributed by atoms with Crippen molar-refractivity contribution in [2.24, 2.45) is 5.84 Å². The Kier molecular flexibility index (Phi) is 3.20. The lowest BCUT2D eigenvalue weighted by atomic mass is 10.2. The lowest BCUT2D eigenvalue weighted by Gasteiger charge is -2.10. The molecular formula is C12H15N5. The Morgan fingerprint density at radius 2 is 1.65 bits per heavy atom. The van der Waals surface area contributed by atoms with E-state index in [0.29, 0.717) is 5.82 Å². The van der Waals surface area contributed by atoms with Gasteiger partial charge < -0.3 is 10.7 Å². The second kappa shape index (κ2) is 4.80. The zero-order valence-corrected chi connectivity index (χ0v) is 9.86. The summed E-state index contributed by atoms with van der Waals surface area (Å²) in [5, 5.41) is 3.23. The molecular weight excluding hydrogens is 214 g/mol. The average Bonchev–Trinajstić information content (AvgIpc) is 2.35. The molecule has 0 saturated carbocycles. The monoisotopic (exact) mass is 229 g/mol. The molecule has 1 aromatic heterocycles. The summed E-state index contributed by atoms with van der Waals surface area (Å²) in [5.41, 5.74) is 5.63. The predicted octanol–water partition coefficient (Wildman–Crippen LogP) is 2.12. The summed E-state index contributed by atoms with van der Waals surface area (Å²) < 4.78 is 0. The number of nitrogens with two attached hydrogens (primary N) is 1. The van der Waals surface area contributed by atoms with E-state index in [2.05, 4.69) is 27.6 Å². The van der Waals surface area contributed by atoms with Crippen LogP contribution < -0.4 is 16.6 Å². The van der Waals surface area contributed by atoms with Gasteiger partial charge in [-0.25, -0.2) is 15.8 Å². The Balaban J connectivity index is 2.27. The lowest BCUT2D eigenvalue weighted by Crippen LogP contribution is -2.11. The minimum Gasteiger partial charge on any atom is -0.340 e. The summed E-state index contributed by atoms with van der Waals surface area (Å²) in [7, 11) is 0. The normalized spacial score (nSPS) is 10.1. The number of aryl methyl sites for hydroxylation is 1. The Hall–Kier alpha value is -2.14. The van der Waals surface area contributed by atoms with Gasteiger partial charge in [0.05, 0.1) is 0 Å². The third-order valence-electron chi connectivity index (χ3n) is 2.54. The van der Waals surface area contributed by atoms with Crippen molar-refractivity contribution in [3.8, 4) is 0 Å². The molecule has 1 heterocycles. The van der Waals surface area contributed by atoms with Gasteiger partial charge in [0.25, 0.3) is 0 Å². The number of anilines is 3. The number of hydrogen-bond acceptors (Lipinski definition) is 5. The maximum atomic E-state index is 5.36. The minimum atomic E-state index is 0.620. The second-order valence-electron chi connectivity index (χ2n) is 3.83. The van der Waals surface area contributed by atoms with E-state index in [1.165, 1.54) is 11.9 Å². The molecule has 0 aliphatic carbocycles. The van der Waals surface area contributed by atoms with Crippen LogP contribution in [0.15, 0.2) is 30.6 Å². The van der Waals surface area contributed by atoms with Crippen LogP contribution in [0.2, 0.25) is 0 Å². The quantitative estimate of drug-likeness (QED) is 0.555. The fraction of sp³-hybridized carbons (Fsp3) is 0.167. The molecule has 5 nitrogen and oxygen atoms in total. The standard InChI is InChI=1S/C12H15N5/c1-8-3-5-10(6-4-8)16-11-9(2)12(17-13)15-7-14-11/h3-7H,13H2,1-2H3,(H2,14,15,16,17). The molecule has 2 aromatic rings. The molecule has 1 aromatic carbocycles. The summed E-state index contributed by atoms with van der Waals surface area (Å²) >= 11 is 0. The molecule has 0 unspecified atom stereocenters. The molecule has 0 bridgehead atoms. The van der Waals surface area contributed by atoms with E-state index in [1.807, 2.05) is 31.2 Å². The molecule has 17 heavy (non-hydrogen) atoms. The number of hydrazine groups is 1. The number of nitrogen functional groups attached to an aromatic ring is 1. The van der Waals surface area contributed by atoms with E-state index in [-0.39, 0.29) is 0 Å². The third-order valence-corrected chi connectivity index (χ3v) is 2.54. The van der Waals surface area contributed by atoms with Gasteiger partial charge in [0, 0.05) is 11.3 Å². The topological polar surface area (TPSA) is 75.9 Å². The van der Waals surface area contributed by atoms with Crippen LogP contribution in [-0.2, 0) is 0 Å². The average molecular weight is 229 g/mol. The number of benzene rings is 1. The van der Waals surface area contributed by atoms with Crippen LogP contribution in [0, 0.1) is 13.8 Å². The highest BCUT2D eigenvalue weighted by Crippen LogP contribution is 2.21. The Morgan fingerprint density at radius 1 is 1.00 bits per heavy atom. The summed E-state index contributed by atoms with van der Waals surface area (Å²) in [6.45, 7) is 3.96. The van der Waals surface area contributed by atoms with Gasteiger partial charge in [0.1, 0.15) is 18.0 Å². The Morgan fingerprint density at radius 3 is 2.29 bits per heavy atom. The Labute approximate surface area is 100 Å². The molecule has 0 spiro atoms. The van der Waals surface area contributed by atoms with Gasteiger partial charge in [-0.05, 0) is 26.0 Å². The molecule has 0 saturated heterocycles. The molecule has 4 N–H and O–H groups in total. The van der Waals surface area contributed by atoms with E-state index in [9.17, 15) is 0 Å². The lowest BCUT2D eigenvalue weighted by molar-refractivity contribution is 1.11. The van der Waals surface area contributed by atoms with Crippen molar-refractivity contribution in [1.29, 1.82) is 0 Å². The molecule has 0 radical (unpaired) electrons. The minimum absolute atomic E-state index is 0.620. The number of aromatic nitrogens is 2. The fourth-order valence-electron chi connectivity index (χ4n) is 1.50. The highest BCUT2D eigenvalue weighted by molar-refractivity contribution is 5.64. The van der Waals surface area contributed by atoms with E-state index < -0.39 is 0 Å². The van der Waals surface area contributed by atoms with Crippen LogP contribution in [0.4, 0.5) is 17.3 Å². The van der Waals surface area contributed by atoms with Crippen LogP contribution in [0.5, 0.6) is 0 Å². The van der Waals surface area contributed by atoms with Crippen LogP contribution in [0.3, 0.4) is 0 Å². The van der Waals surface area contributed by atoms with Gasteiger partial charge >= 0.3 is 0 Å². The maximum Gasteiger partial charge on any atom is 0.148 e. The molecule has 88 valence electrons. The highest BCUT2D eigenvalue weighted by Gasteiger charge is 2.05. The van der Waals surface area contributed by atoms with Gasteiger partial charge in [0.15, 0.2) is 0 Å². The van der Waals surface area contributed by atoms with E-state index in [4.69, 9.17) is 5.84 Å². The SMILES string of the molecule is Cc1ccc(Nc2ncnc(NN)c2C)cc1. The van der Waals surface area contributed by atoms with Gasteiger partial charge in [-0.2, -0.15) is 0 Å². The molecule has 0 aliphatic rings. The van der Waals surface area contributed by atoms with E-state index in [1.54, 1.807) is 0 Å². The number of nitrogens with zero attached hydrogens (tertiary/aromatic N) is 2.